The largest absolute Gasteiger partial charge is 0.511 e. The first kappa shape index (κ1) is 16.5. The summed E-state index contributed by atoms with van der Waals surface area (Å²) in [6.45, 7) is 0. The lowest BCUT2D eigenvalue weighted by molar-refractivity contribution is 0.374. The summed E-state index contributed by atoms with van der Waals surface area (Å²) >= 11 is 14.5. The molecule has 0 saturated heterocycles. The highest BCUT2D eigenvalue weighted by molar-refractivity contribution is 9.27. The lowest BCUT2D eigenvalue weighted by atomic mass is 10.0. The number of alkyl halides is 3. The summed E-state index contributed by atoms with van der Waals surface area (Å²) in [6, 6.07) is 0. The van der Waals surface area contributed by atoms with Crippen LogP contribution in [0.15, 0.2) is 10.2 Å². The van der Waals surface area contributed by atoms with Gasteiger partial charge in [-0.1, -0.05) is 79.9 Å². The minimum Gasteiger partial charge on any atom is -0.511 e. The maximum atomic E-state index is 10.1. The molecule has 0 spiro atoms. The molecule has 0 radical (unpaired) electrons. The smallest absolute Gasteiger partial charge is 0.127 e. The maximum absolute atomic E-state index is 10.1. The number of aliphatic hydroxyl groups is 1. The molecule has 0 fully saturated rings. The van der Waals surface area contributed by atoms with Gasteiger partial charge in [0.2, 0.25) is 0 Å². The maximum Gasteiger partial charge on any atom is 0.127 e. The Morgan fingerprint density at radius 3 is 2.18 bits per heavy atom. The second-order valence-electron chi connectivity index (χ2n) is 4.51. The van der Waals surface area contributed by atoms with Crippen molar-refractivity contribution in [1.82, 2.24) is 0 Å². The van der Waals surface area contributed by atoms with Crippen LogP contribution in [-0.2, 0) is 0 Å². The van der Waals surface area contributed by atoms with Crippen LogP contribution in [-0.4, -0.2) is 13.2 Å². The molecule has 1 unspecified atom stereocenters. The van der Waals surface area contributed by atoms with Crippen LogP contribution in [0, 0.1) is 0 Å². The Morgan fingerprint density at radius 2 is 1.53 bits per heavy atom. The van der Waals surface area contributed by atoms with E-state index in [0.717, 1.165) is 23.7 Å². The van der Waals surface area contributed by atoms with Crippen LogP contribution in [0.5, 0.6) is 0 Å². The molecule has 0 bridgehead atoms. The van der Waals surface area contributed by atoms with Crippen molar-refractivity contribution >= 4 is 63.7 Å². The monoisotopic (exact) mass is 494 g/mol. The Balaban J connectivity index is 2.81. The molecule has 0 aromatic rings. The summed E-state index contributed by atoms with van der Waals surface area (Å²) in [5, 5.41) is 10.1. The Morgan fingerprint density at radius 1 is 1.00 bits per heavy atom. The van der Waals surface area contributed by atoms with Crippen molar-refractivity contribution in [3.05, 3.63) is 10.2 Å². The summed E-state index contributed by atoms with van der Waals surface area (Å²) in [5.41, 5.74) is 0. The van der Waals surface area contributed by atoms with Crippen LogP contribution < -0.4 is 0 Å². The van der Waals surface area contributed by atoms with Gasteiger partial charge in [0, 0.05) is 11.2 Å². The molecule has 0 amide bonds. The topological polar surface area (TPSA) is 20.2 Å². The molecule has 1 N–H and O–H groups in total. The number of hydrogen-bond donors (Lipinski definition) is 1. The molecule has 1 aliphatic carbocycles. The molecule has 100 valence electrons. The van der Waals surface area contributed by atoms with E-state index in [0.29, 0.717) is 5.76 Å². The van der Waals surface area contributed by atoms with E-state index in [2.05, 4.69) is 63.7 Å². The highest BCUT2D eigenvalue weighted by Gasteiger charge is 2.36. The van der Waals surface area contributed by atoms with Crippen LogP contribution in [0.3, 0.4) is 0 Å². The third-order valence-electron chi connectivity index (χ3n) is 3.06. The van der Waals surface area contributed by atoms with Gasteiger partial charge < -0.3 is 5.11 Å². The summed E-state index contributed by atoms with van der Waals surface area (Å²) in [5.74, 6) is 0.448. The quantitative estimate of drug-likeness (QED) is 0.377. The van der Waals surface area contributed by atoms with Gasteiger partial charge in [-0.2, -0.15) is 0 Å². The van der Waals surface area contributed by atoms with Crippen molar-refractivity contribution < 1.29 is 5.11 Å². The summed E-state index contributed by atoms with van der Waals surface area (Å²) < 4.78 is 0.413. The zero-order valence-electron chi connectivity index (χ0n) is 9.69. The predicted molar refractivity (Wildman–Crippen MR) is 88.8 cm³/mol. The molecule has 1 atom stereocenters. The Labute approximate surface area is 137 Å². The van der Waals surface area contributed by atoms with Gasteiger partial charge in [0.25, 0.3) is 0 Å². The van der Waals surface area contributed by atoms with E-state index in [1.54, 1.807) is 0 Å². The van der Waals surface area contributed by atoms with E-state index in [4.69, 9.17) is 0 Å². The average molecular weight is 498 g/mol. The lowest BCUT2D eigenvalue weighted by Gasteiger charge is -2.27. The summed E-state index contributed by atoms with van der Waals surface area (Å²) in [7, 11) is 0. The van der Waals surface area contributed by atoms with Gasteiger partial charge in [-0.3, -0.25) is 0 Å². The fourth-order valence-corrected chi connectivity index (χ4v) is 4.19. The molecular weight excluding hydrogens is 480 g/mol. The fourth-order valence-electron chi connectivity index (χ4n) is 1.94. The third-order valence-corrected chi connectivity index (χ3v) is 9.48. The average Bonchev–Trinajstić information content (AvgIpc) is 2.29. The number of rotatable bonds is 0. The van der Waals surface area contributed by atoms with Gasteiger partial charge in [-0.15, -0.1) is 0 Å². The van der Waals surface area contributed by atoms with Gasteiger partial charge in [0.05, 0.1) is 4.48 Å². The van der Waals surface area contributed by atoms with Crippen molar-refractivity contribution in [2.24, 2.45) is 0 Å². The molecule has 0 aliphatic heterocycles. The molecule has 17 heavy (non-hydrogen) atoms. The van der Waals surface area contributed by atoms with Crippen LogP contribution in [0.2, 0.25) is 0 Å². The molecule has 0 aromatic carbocycles. The summed E-state index contributed by atoms with van der Waals surface area (Å²) in [6.07, 6.45) is 9.21. The molecule has 0 saturated carbocycles. The van der Waals surface area contributed by atoms with E-state index in [-0.39, 0.29) is 4.83 Å². The SMILES string of the molecule is O/C1=C(\Br)C(Br)(Br)C(Br)CCCCCCCC1. The van der Waals surface area contributed by atoms with Gasteiger partial charge >= 0.3 is 0 Å². The predicted octanol–water partition coefficient (Wildman–Crippen LogP) is 6.53. The summed E-state index contributed by atoms with van der Waals surface area (Å²) in [4.78, 5) is 0.256. The van der Waals surface area contributed by atoms with Crippen molar-refractivity contribution in [3.8, 4) is 0 Å². The van der Waals surface area contributed by atoms with Gasteiger partial charge in [-0.25, -0.2) is 0 Å². The molecule has 0 aromatic heterocycles. The molecule has 5 heteroatoms. The van der Waals surface area contributed by atoms with Crippen molar-refractivity contribution in [2.45, 2.75) is 59.4 Å². The first-order chi connectivity index (χ1) is 7.96. The molecule has 1 aliphatic rings. The molecular formula is C12H18Br4O. The van der Waals surface area contributed by atoms with Gasteiger partial charge in [0.15, 0.2) is 0 Å². The molecule has 1 rings (SSSR count). The standard InChI is InChI=1S/C12H18Br4O/c13-10-8-6-4-2-1-3-5-7-9(17)11(14)12(10,15)16/h10,17H,1-8H2/b11-9-. The zero-order valence-corrected chi connectivity index (χ0v) is 16.0. The number of halogens is 4. The van der Waals surface area contributed by atoms with Crippen molar-refractivity contribution in [2.75, 3.05) is 0 Å². The first-order valence-electron chi connectivity index (χ1n) is 6.06. The highest BCUT2D eigenvalue weighted by Crippen LogP contribution is 2.47. The van der Waals surface area contributed by atoms with Gasteiger partial charge in [0.1, 0.15) is 8.99 Å². The number of allylic oxidation sites excluding steroid dienone is 2. The zero-order chi connectivity index (χ0) is 12.9. The number of aliphatic hydroxyl groups excluding tert-OH is 1. The number of hydrogen-bond acceptors (Lipinski definition) is 1. The lowest BCUT2D eigenvalue weighted by Crippen LogP contribution is -2.26. The first-order valence-corrected chi connectivity index (χ1v) is 9.35. The van der Waals surface area contributed by atoms with Crippen molar-refractivity contribution in [1.29, 1.82) is 0 Å². The van der Waals surface area contributed by atoms with E-state index < -0.39 is 3.23 Å². The minimum atomic E-state index is -0.400. The van der Waals surface area contributed by atoms with Crippen LogP contribution >= 0.6 is 63.7 Å². The van der Waals surface area contributed by atoms with Crippen LogP contribution in [0.1, 0.15) is 51.4 Å². The normalized spacial score (nSPS) is 32.6. The van der Waals surface area contributed by atoms with Crippen molar-refractivity contribution in [3.63, 3.8) is 0 Å². The Bertz CT molecular complexity index is 276. The Hall–Kier alpha value is 1.46. The minimum absolute atomic E-state index is 0.256. The Kier molecular flexibility index (Phi) is 7.68. The fraction of sp³-hybridized carbons (Fsp3) is 0.833. The second kappa shape index (κ2) is 7.91. The third kappa shape index (κ3) is 5.15. The van der Waals surface area contributed by atoms with E-state index >= 15 is 0 Å². The molecule has 0 heterocycles. The van der Waals surface area contributed by atoms with E-state index in [1.165, 1.54) is 32.1 Å². The molecule has 1 nitrogen and oxygen atoms in total. The van der Waals surface area contributed by atoms with E-state index in [1.807, 2.05) is 0 Å². The second-order valence-corrected chi connectivity index (χ2v) is 9.98. The van der Waals surface area contributed by atoms with Crippen LogP contribution in [0.25, 0.3) is 0 Å². The van der Waals surface area contributed by atoms with Crippen LogP contribution in [0.4, 0.5) is 0 Å². The van der Waals surface area contributed by atoms with Gasteiger partial charge in [-0.05, 0) is 28.8 Å². The van der Waals surface area contributed by atoms with E-state index in [9.17, 15) is 5.11 Å². The highest BCUT2D eigenvalue weighted by atomic mass is 79.9.